The van der Waals surface area contributed by atoms with Crippen LogP contribution in [0.5, 0.6) is 0 Å². The van der Waals surface area contributed by atoms with E-state index < -0.39 is 9.84 Å². The second kappa shape index (κ2) is 4.26. The SMILES string of the molecule is CC1CS(=O)(=O)CCN1c1nc(N)nc(Cl)n1. The number of sulfone groups is 1. The van der Waals surface area contributed by atoms with E-state index in [-0.39, 0.29) is 28.8 Å². The van der Waals surface area contributed by atoms with Crippen LogP contribution in [0.1, 0.15) is 6.92 Å². The minimum Gasteiger partial charge on any atom is -0.368 e. The summed E-state index contributed by atoms with van der Waals surface area (Å²) >= 11 is 5.69. The van der Waals surface area contributed by atoms with Gasteiger partial charge in [0.1, 0.15) is 0 Å². The lowest BCUT2D eigenvalue weighted by Crippen LogP contribution is -2.47. The van der Waals surface area contributed by atoms with Gasteiger partial charge in [0.05, 0.1) is 11.5 Å². The molecule has 1 atom stereocenters. The molecule has 0 aromatic carbocycles. The Morgan fingerprint density at radius 3 is 2.71 bits per heavy atom. The van der Waals surface area contributed by atoms with Crippen molar-refractivity contribution in [3.8, 4) is 0 Å². The Morgan fingerprint density at radius 1 is 1.41 bits per heavy atom. The zero-order chi connectivity index (χ0) is 12.6. The van der Waals surface area contributed by atoms with E-state index in [1.54, 1.807) is 11.8 Å². The average Bonchev–Trinajstić information content (AvgIpc) is 2.13. The van der Waals surface area contributed by atoms with Crippen LogP contribution < -0.4 is 10.6 Å². The van der Waals surface area contributed by atoms with Gasteiger partial charge in [0.25, 0.3) is 0 Å². The summed E-state index contributed by atoms with van der Waals surface area (Å²) in [5, 5.41) is 0.00753. The van der Waals surface area contributed by atoms with Crippen molar-refractivity contribution in [2.45, 2.75) is 13.0 Å². The lowest BCUT2D eigenvalue weighted by molar-refractivity contribution is 0.564. The largest absolute Gasteiger partial charge is 0.368 e. The molecule has 1 saturated heterocycles. The first-order valence-electron chi connectivity index (χ1n) is 5.01. The molecule has 0 aliphatic carbocycles. The smallest absolute Gasteiger partial charge is 0.231 e. The highest BCUT2D eigenvalue weighted by molar-refractivity contribution is 7.91. The molecule has 2 N–H and O–H groups in total. The van der Waals surface area contributed by atoms with Crippen LogP contribution in [0, 0.1) is 0 Å². The van der Waals surface area contributed by atoms with E-state index in [0.29, 0.717) is 12.5 Å². The second-order valence-corrected chi connectivity index (χ2v) is 6.49. The normalized spacial score (nSPS) is 23.6. The number of nitrogens with zero attached hydrogens (tertiary/aromatic N) is 4. The zero-order valence-corrected chi connectivity index (χ0v) is 10.7. The summed E-state index contributed by atoms with van der Waals surface area (Å²) in [6.07, 6.45) is 0. The van der Waals surface area contributed by atoms with Crippen LogP contribution in [-0.4, -0.2) is 47.5 Å². The molecule has 0 saturated carbocycles. The molecule has 17 heavy (non-hydrogen) atoms. The molecule has 0 amide bonds. The molecule has 7 nitrogen and oxygen atoms in total. The first-order chi connectivity index (χ1) is 7.87. The average molecular weight is 278 g/mol. The second-order valence-electron chi connectivity index (χ2n) is 3.92. The van der Waals surface area contributed by atoms with Gasteiger partial charge in [0.15, 0.2) is 9.84 Å². The number of halogens is 1. The van der Waals surface area contributed by atoms with Gasteiger partial charge >= 0.3 is 0 Å². The van der Waals surface area contributed by atoms with E-state index in [0.717, 1.165) is 0 Å². The van der Waals surface area contributed by atoms with Gasteiger partial charge < -0.3 is 10.6 Å². The van der Waals surface area contributed by atoms with Gasteiger partial charge in [-0.1, -0.05) is 0 Å². The van der Waals surface area contributed by atoms with Crippen LogP contribution in [0.3, 0.4) is 0 Å². The van der Waals surface area contributed by atoms with Crippen molar-refractivity contribution < 1.29 is 8.42 Å². The number of nitrogen functional groups attached to an aromatic ring is 1. The quantitative estimate of drug-likeness (QED) is 0.754. The van der Waals surface area contributed by atoms with Crippen LogP contribution in [-0.2, 0) is 9.84 Å². The van der Waals surface area contributed by atoms with Crippen molar-refractivity contribution in [2.75, 3.05) is 28.7 Å². The number of hydrogen-bond donors (Lipinski definition) is 1. The summed E-state index contributed by atoms with van der Waals surface area (Å²) in [5.74, 6) is 0.516. The number of hydrogen-bond acceptors (Lipinski definition) is 7. The third-order valence-electron chi connectivity index (χ3n) is 2.54. The van der Waals surface area contributed by atoms with Crippen molar-refractivity contribution in [1.29, 1.82) is 0 Å². The van der Waals surface area contributed by atoms with Crippen LogP contribution in [0.15, 0.2) is 0 Å². The molecule has 1 aromatic rings. The molecule has 1 aliphatic rings. The topological polar surface area (TPSA) is 102 Å². The van der Waals surface area contributed by atoms with Gasteiger partial charge in [0.2, 0.25) is 17.2 Å². The zero-order valence-electron chi connectivity index (χ0n) is 9.17. The number of rotatable bonds is 1. The molecule has 2 rings (SSSR count). The fourth-order valence-electron chi connectivity index (χ4n) is 1.78. The third kappa shape index (κ3) is 2.75. The van der Waals surface area contributed by atoms with E-state index >= 15 is 0 Å². The predicted octanol–water partition coefficient (Wildman–Crippen LogP) is -0.269. The van der Waals surface area contributed by atoms with E-state index in [4.69, 9.17) is 17.3 Å². The Kier molecular flexibility index (Phi) is 3.09. The van der Waals surface area contributed by atoms with Crippen molar-refractivity contribution in [3.05, 3.63) is 5.28 Å². The maximum Gasteiger partial charge on any atom is 0.231 e. The Hall–Kier alpha value is -1.15. The fraction of sp³-hybridized carbons (Fsp3) is 0.625. The standard InChI is InChI=1S/C8H12ClN5O2S/c1-5-4-17(15,16)3-2-14(5)8-12-6(9)11-7(10)13-8/h5H,2-4H2,1H3,(H2,10,11,12,13). The molecule has 0 spiro atoms. The predicted molar refractivity (Wildman–Crippen MR) is 64.7 cm³/mol. The maximum atomic E-state index is 11.4. The molecular formula is C8H12ClN5O2S. The monoisotopic (exact) mass is 277 g/mol. The lowest BCUT2D eigenvalue weighted by atomic mass is 10.3. The summed E-state index contributed by atoms with van der Waals surface area (Å²) in [4.78, 5) is 13.3. The minimum atomic E-state index is -2.97. The van der Waals surface area contributed by atoms with Gasteiger partial charge in [-0.15, -0.1) is 0 Å². The fourth-order valence-corrected chi connectivity index (χ4v) is 3.50. The lowest BCUT2D eigenvalue weighted by Gasteiger charge is -2.32. The Balaban J connectivity index is 2.29. The molecule has 0 radical (unpaired) electrons. The molecule has 94 valence electrons. The van der Waals surface area contributed by atoms with Gasteiger partial charge in [-0.3, -0.25) is 0 Å². The summed E-state index contributed by atoms with van der Waals surface area (Å²) < 4.78 is 22.9. The van der Waals surface area contributed by atoms with Gasteiger partial charge in [-0.2, -0.15) is 15.0 Å². The Bertz CT molecular complexity index is 514. The van der Waals surface area contributed by atoms with E-state index in [9.17, 15) is 8.42 Å². The van der Waals surface area contributed by atoms with Crippen LogP contribution in [0.2, 0.25) is 5.28 Å². The van der Waals surface area contributed by atoms with Crippen molar-refractivity contribution in [2.24, 2.45) is 0 Å². The molecular weight excluding hydrogens is 266 g/mol. The van der Waals surface area contributed by atoms with E-state index in [1.807, 2.05) is 0 Å². The van der Waals surface area contributed by atoms with Crippen LogP contribution in [0.25, 0.3) is 0 Å². The molecule has 1 aromatic heterocycles. The van der Waals surface area contributed by atoms with Crippen LogP contribution in [0.4, 0.5) is 11.9 Å². The molecule has 1 unspecified atom stereocenters. The van der Waals surface area contributed by atoms with Crippen molar-refractivity contribution in [3.63, 3.8) is 0 Å². The third-order valence-corrected chi connectivity index (χ3v) is 4.50. The first kappa shape index (κ1) is 12.3. The van der Waals surface area contributed by atoms with E-state index in [2.05, 4.69) is 15.0 Å². The highest BCUT2D eigenvalue weighted by Crippen LogP contribution is 2.19. The van der Waals surface area contributed by atoms with Crippen molar-refractivity contribution in [1.82, 2.24) is 15.0 Å². The first-order valence-corrected chi connectivity index (χ1v) is 7.21. The molecule has 0 bridgehead atoms. The summed E-state index contributed by atoms with van der Waals surface area (Å²) in [7, 11) is -2.97. The van der Waals surface area contributed by atoms with Crippen molar-refractivity contribution >= 4 is 33.3 Å². The van der Waals surface area contributed by atoms with Crippen LogP contribution >= 0.6 is 11.6 Å². The number of nitrogens with two attached hydrogens (primary N) is 1. The van der Waals surface area contributed by atoms with Gasteiger partial charge in [-0.05, 0) is 18.5 Å². The molecule has 2 heterocycles. The Labute approximate surface area is 104 Å². The Morgan fingerprint density at radius 2 is 2.12 bits per heavy atom. The van der Waals surface area contributed by atoms with E-state index in [1.165, 1.54) is 0 Å². The summed E-state index contributed by atoms with van der Waals surface area (Å²) in [6.45, 7) is 2.13. The summed E-state index contributed by atoms with van der Waals surface area (Å²) in [6, 6.07) is -0.202. The molecule has 1 aliphatic heterocycles. The maximum absolute atomic E-state index is 11.4. The minimum absolute atomic E-state index is 0.00753. The van der Waals surface area contributed by atoms with Gasteiger partial charge in [-0.25, -0.2) is 8.42 Å². The molecule has 1 fully saturated rings. The number of aromatic nitrogens is 3. The van der Waals surface area contributed by atoms with Gasteiger partial charge in [0, 0.05) is 12.6 Å². The summed E-state index contributed by atoms with van der Waals surface area (Å²) in [5.41, 5.74) is 5.47. The molecule has 9 heteroatoms. The number of anilines is 2. The highest BCUT2D eigenvalue weighted by Gasteiger charge is 2.30. The highest BCUT2D eigenvalue weighted by atomic mass is 35.5.